The van der Waals surface area contributed by atoms with E-state index >= 15 is 0 Å². The number of hydrogen-bond donors (Lipinski definition) is 2. The monoisotopic (exact) mass is 426 g/mol. The Morgan fingerprint density at radius 2 is 1.94 bits per heavy atom. The van der Waals surface area contributed by atoms with Crippen LogP contribution in [0.5, 0.6) is 0 Å². The average Bonchev–Trinajstić information content (AvgIpc) is 3.39. The Hall–Kier alpha value is -4.20. The summed E-state index contributed by atoms with van der Waals surface area (Å²) in [5.41, 5.74) is 3.79. The summed E-state index contributed by atoms with van der Waals surface area (Å²) in [4.78, 5) is 22.2. The summed E-state index contributed by atoms with van der Waals surface area (Å²) in [6, 6.07) is 14.7. The Morgan fingerprint density at radius 1 is 1.09 bits per heavy atom. The van der Waals surface area contributed by atoms with Crippen LogP contribution in [0, 0.1) is 13.8 Å². The predicted octanol–water partition coefficient (Wildman–Crippen LogP) is 4.48. The summed E-state index contributed by atoms with van der Waals surface area (Å²) < 4.78 is 7.67. The largest absolute Gasteiger partial charge is 0.464 e. The molecule has 8 heteroatoms. The van der Waals surface area contributed by atoms with Gasteiger partial charge >= 0.3 is 0 Å². The van der Waals surface area contributed by atoms with E-state index in [0.717, 1.165) is 16.9 Å². The van der Waals surface area contributed by atoms with Gasteiger partial charge in [-0.25, -0.2) is 4.68 Å². The lowest BCUT2D eigenvalue weighted by Gasteiger charge is -2.27. The highest BCUT2D eigenvalue weighted by Crippen LogP contribution is 2.37. The normalized spacial score (nSPS) is 15.3. The third kappa shape index (κ3) is 3.45. The number of pyridine rings is 1. The summed E-state index contributed by atoms with van der Waals surface area (Å²) in [5.74, 6) is 2.24. The molecule has 0 spiro atoms. The number of benzene rings is 1. The first-order chi connectivity index (χ1) is 15.5. The molecule has 4 heterocycles. The SMILES string of the molecule is CC1=C(C(=O)Nc2cccnc2)C(c2ccc(C)o2)n2nc(-c3ccccc3C)nc2N1. The minimum atomic E-state index is -0.568. The summed E-state index contributed by atoms with van der Waals surface area (Å²) in [6.45, 7) is 5.75. The number of fused-ring (bicyclic) bond motifs is 1. The Balaban J connectivity index is 1.61. The lowest BCUT2D eigenvalue weighted by Crippen LogP contribution is -2.31. The number of furan rings is 1. The van der Waals surface area contributed by atoms with Crippen molar-refractivity contribution in [1.82, 2.24) is 19.7 Å². The first kappa shape index (κ1) is 19.7. The van der Waals surface area contributed by atoms with Crippen LogP contribution in [0.2, 0.25) is 0 Å². The molecule has 8 nitrogen and oxygen atoms in total. The molecule has 0 aliphatic carbocycles. The molecule has 5 rings (SSSR count). The maximum atomic E-state index is 13.4. The summed E-state index contributed by atoms with van der Waals surface area (Å²) >= 11 is 0. The molecule has 1 aliphatic heterocycles. The minimum Gasteiger partial charge on any atom is -0.464 e. The van der Waals surface area contributed by atoms with E-state index in [1.54, 1.807) is 29.2 Å². The number of amides is 1. The van der Waals surface area contributed by atoms with Crippen LogP contribution in [-0.2, 0) is 4.79 Å². The van der Waals surface area contributed by atoms with Crippen molar-refractivity contribution in [3.63, 3.8) is 0 Å². The van der Waals surface area contributed by atoms with Gasteiger partial charge in [0.2, 0.25) is 5.95 Å². The molecule has 3 aromatic heterocycles. The van der Waals surface area contributed by atoms with Crippen molar-refractivity contribution in [3.05, 3.63) is 89.3 Å². The van der Waals surface area contributed by atoms with Crippen LogP contribution in [0.3, 0.4) is 0 Å². The molecule has 0 saturated heterocycles. The summed E-state index contributed by atoms with van der Waals surface area (Å²) in [5, 5.41) is 10.9. The molecule has 32 heavy (non-hydrogen) atoms. The van der Waals surface area contributed by atoms with Gasteiger partial charge in [0, 0.05) is 17.5 Å². The average molecular weight is 426 g/mol. The van der Waals surface area contributed by atoms with Crippen LogP contribution in [0.15, 0.2) is 76.6 Å². The zero-order chi connectivity index (χ0) is 22.2. The number of hydrogen-bond acceptors (Lipinski definition) is 6. The van der Waals surface area contributed by atoms with E-state index in [2.05, 4.69) is 15.6 Å². The van der Waals surface area contributed by atoms with Gasteiger partial charge in [-0.3, -0.25) is 9.78 Å². The van der Waals surface area contributed by atoms with Gasteiger partial charge in [-0.2, -0.15) is 4.98 Å². The number of carbonyl (C=O) groups is 1. The van der Waals surface area contributed by atoms with E-state index in [1.807, 2.05) is 57.2 Å². The first-order valence-electron chi connectivity index (χ1n) is 10.3. The van der Waals surface area contributed by atoms with Crippen LogP contribution in [0.1, 0.15) is 30.0 Å². The van der Waals surface area contributed by atoms with Crippen molar-refractivity contribution in [2.24, 2.45) is 0 Å². The second kappa shape index (κ2) is 7.81. The Bertz CT molecular complexity index is 1340. The number of aromatic nitrogens is 4. The third-order valence-electron chi connectivity index (χ3n) is 5.43. The molecular weight excluding hydrogens is 404 g/mol. The molecule has 0 fully saturated rings. The first-order valence-corrected chi connectivity index (χ1v) is 10.3. The molecule has 0 saturated carbocycles. The standard InChI is InChI=1S/C24H22N6O2/c1-14-7-4-5-9-18(14)22-28-24-26-16(3)20(23(31)27-17-8-6-12-25-13-17)21(30(24)29-22)19-11-10-15(2)32-19/h4-13,21H,1-3H3,(H,27,31)(H,26,28,29). The molecule has 1 aliphatic rings. The lowest BCUT2D eigenvalue weighted by atomic mass is 10.00. The Morgan fingerprint density at radius 3 is 2.66 bits per heavy atom. The highest BCUT2D eigenvalue weighted by atomic mass is 16.3. The molecule has 1 atom stereocenters. The summed E-state index contributed by atoms with van der Waals surface area (Å²) in [7, 11) is 0. The number of nitrogens with one attached hydrogen (secondary N) is 2. The van der Waals surface area contributed by atoms with Gasteiger partial charge in [-0.1, -0.05) is 24.3 Å². The molecule has 0 radical (unpaired) electrons. The van der Waals surface area contributed by atoms with Crippen molar-refractivity contribution >= 4 is 17.5 Å². The van der Waals surface area contributed by atoms with Crippen molar-refractivity contribution in [1.29, 1.82) is 0 Å². The molecule has 1 unspecified atom stereocenters. The topological polar surface area (TPSA) is 97.9 Å². The number of carbonyl (C=O) groups excluding carboxylic acids is 1. The van der Waals surface area contributed by atoms with Gasteiger partial charge in [-0.15, -0.1) is 5.10 Å². The maximum Gasteiger partial charge on any atom is 0.256 e. The van der Waals surface area contributed by atoms with E-state index in [9.17, 15) is 4.79 Å². The number of rotatable bonds is 4. The maximum absolute atomic E-state index is 13.4. The van der Waals surface area contributed by atoms with E-state index in [1.165, 1.54) is 0 Å². The summed E-state index contributed by atoms with van der Waals surface area (Å²) in [6.07, 6.45) is 3.26. The molecule has 4 aromatic rings. The molecule has 1 aromatic carbocycles. The fraction of sp³-hybridized carbons (Fsp3) is 0.167. The van der Waals surface area contributed by atoms with Crippen LogP contribution in [0.25, 0.3) is 11.4 Å². The Labute approximate surface area is 185 Å². The van der Waals surface area contributed by atoms with Crippen molar-refractivity contribution in [3.8, 4) is 11.4 Å². The Kier molecular flexibility index (Phi) is 4.82. The van der Waals surface area contributed by atoms with Crippen molar-refractivity contribution < 1.29 is 9.21 Å². The molecular formula is C24H22N6O2. The zero-order valence-corrected chi connectivity index (χ0v) is 18.0. The molecule has 160 valence electrons. The predicted molar refractivity (Wildman–Crippen MR) is 121 cm³/mol. The number of allylic oxidation sites excluding steroid dienone is 1. The molecule has 2 N–H and O–H groups in total. The number of anilines is 2. The second-order valence-electron chi connectivity index (χ2n) is 7.73. The molecule has 0 bridgehead atoms. The minimum absolute atomic E-state index is 0.263. The van der Waals surface area contributed by atoms with Gasteiger partial charge in [0.05, 0.1) is 17.5 Å². The van der Waals surface area contributed by atoms with E-state index in [4.69, 9.17) is 14.5 Å². The highest BCUT2D eigenvalue weighted by molar-refractivity contribution is 6.05. The van der Waals surface area contributed by atoms with Crippen LogP contribution in [-0.4, -0.2) is 25.7 Å². The van der Waals surface area contributed by atoms with Crippen LogP contribution in [0.4, 0.5) is 11.6 Å². The fourth-order valence-electron chi connectivity index (χ4n) is 3.88. The smallest absolute Gasteiger partial charge is 0.256 e. The fourth-order valence-corrected chi connectivity index (χ4v) is 3.88. The van der Waals surface area contributed by atoms with Gasteiger partial charge in [0.25, 0.3) is 5.91 Å². The van der Waals surface area contributed by atoms with E-state index in [0.29, 0.717) is 34.5 Å². The number of aryl methyl sites for hydroxylation is 2. The number of nitrogens with zero attached hydrogens (tertiary/aromatic N) is 4. The zero-order valence-electron chi connectivity index (χ0n) is 18.0. The van der Waals surface area contributed by atoms with Crippen molar-refractivity contribution in [2.75, 3.05) is 10.6 Å². The molecule has 1 amide bonds. The van der Waals surface area contributed by atoms with Crippen molar-refractivity contribution in [2.45, 2.75) is 26.8 Å². The highest BCUT2D eigenvalue weighted by Gasteiger charge is 2.36. The van der Waals surface area contributed by atoms with Gasteiger partial charge in [0.1, 0.15) is 17.6 Å². The second-order valence-corrected chi connectivity index (χ2v) is 7.73. The third-order valence-corrected chi connectivity index (χ3v) is 5.43. The van der Waals surface area contributed by atoms with Crippen LogP contribution >= 0.6 is 0 Å². The van der Waals surface area contributed by atoms with Gasteiger partial charge in [-0.05, 0) is 50.6 Å². The van der Waals surface area contributed by atoms with Crippen LogP contribution < -0.4 is 10.6 Å². The van der Waals surface area contributed by atoms with Gasteiger partial charge < -0.3 is 15.1 Å². The quantitative estimate of drug-likeness (QED) is 0.499. The lowest BCUT2D eigenvalue weighted by molar-refractivity contribution is -0.113. The van der Waals surface area contributed by atoms with E-state index < -0.39 is 6.04 Å². The van der Waals surface area contributed by atoms with E-state index in [-0.39, 0.29) is 5.91 Å². The van der Waals surface area contributed by atoms with Gasteiger partial charge in [0.15, 0.2) is 5.82 Å².